The molecule has 98 valence electrons. The zero-order valence-electron chi connectivity index (χ0n) is 10.6. The minimum Gasteiger partial charge on any atom is -0.396 e. The molecule has 0 spiro atoms. The van der Waals surface area contributed by atoms with E-state index in [1.807, 2.05) is 19.1 Å². The minimum absolute atomic E-state index is 0.0503. The summed E-state index contributed by atoms with van der Waals surface area (Å²) in [6, 6.07) is 5.41. The van der Waals surface area contributed by atoms with Gasteiger partial charge in [0, 0.05) is 32.2 Å². The quantitative estimate of drug-likeness (QED) is 0.834. The Morgan fingerprint density at radius 3 is 3.11 bits per heavy atom. The van der Waals surface area contributed by atoms with E-state index in [0.29, 0.717) is 18.8 Å². The molecule has 5 heteroatoms. The van der Waals surface area contributed by atoms with Crippen LogP contribution in [-0.4, -0.2) is 47.1 Å². The van der Waals surface area contributed by atoms with Crippen LogP contribution in [0.2, 0.25) is 0 Å². The molecule has 1 unspecified atom stereocenters. The summed E-state index contributed by atoms with van der Waals surface area (Å²) < 4.78 is 0. The number of amides is 1. The average molecular weight is 249 g/mol. The van der Waals surface area contributed by atoms with E-state index in [0.717, 1.165) is 18.8 Å². The number of nitrogens with one attached hydrogen (secondary N) is 1. The maximum atomic E-state index is 12.2. The Kier molecular flexibility index (Phi) is 4.15. The molecule has 2 rings (SSSR count). The van der Waals surface area contributed by atoms with E-state index < -0.39 is 0 Å². The second-order valence-corrected chi connectivity index (χ2v) is 4.53. The molecule has 18 heavy (non-hydrogen) atoms. The van der Waals surface area contributed by atoms with E-state index in [9.17, 15) is 4.79 Å². The second kappa shape index (κ2) is 5.82. The fourth-order valence-electron chi connectivity index (χ4n) is 2.16. The van der Waals surface area contributed by atoms with Crippen LogP contribution in [-0.2, 0) is 0 Å². The lowest BCUT2D eigenvalue weighted by molar-refractivity contribution is 0.0776. The van der Waals surface area contributed by atoms with Crippen molar-refractivity contribution in [3.8, 4) is 0 Å². The predicted octanol–water partition coefficient (Wildman–Crippen LogP) is 0.968. The molecule has 0 saturated carbocycles. The third kappa shape index (κ3) is 2.79. The first-order valence-corrected chi connectivity index (χ1v) is 6.35. The van der Waals surface area contributed by atoms with Crippen molar-refractivity contribution in [2.75, 3.05) is 31.6 Å². The maximum Gasteiger partial charge on any atom is 0.272 e. The number of carbonyl (C=O) groups excluding carboxylic acids is 1. The largest absolute Gasteiger partial charge is 0.396 e. The summed E-state index contributed by atoms with van der Waals surface area (Å²) >= 11 is 0. The van der Waals surface area contributed by atoms with Crippen LogP contribution in [0.25, 0.3) is 0 Å². The molecule has 1 aromatic heterocycles. The molecule has 1 saturated heterocycles. The lowest BCUT2D eigenvalue weighted by Crippen LogP contribution is -2.30. The van der Waals surface area contributed by atoms with Gasteiger partial charge in [-0.15, -0.1) is 0 Å². The van der Waals surface area contributed by atoms with Crippen LogP contribution >= 0.6 is 0 Å². The fourth-order valence-corrected chi connectivity index (χ4v) is 2.16. The third-order valence-corrected chi connectivity index (χ3v) is 3.16. The molecule has 1 aliphatic heterocycles. The van der Waals surface area contributed by atoms with Crippen molar-refractivity contribution in [1.82, 2.24) is 9.88 Å². The molecule has 1 aliphatic rings. The van der Waals surface area contributed by atoms with E-state index in [4.69, 9.17) is 5.11 Å². The number of anilines is 1. The van der Waals surface area contributed by atoms with Crippen molar-refractivity contribution in [1.29, 1.82) is 0 Å². The average Bonchev–Trinajstić information content (AvgIpc) is 2.87. The molecule has 1 fully saturated rings. The number of hydrogen-bond donors (Lipinski definition) is 2. The van der Waals surface area contributed by atoms with Crippen LogP contribution in [0, 0.1) is 5.92 Å². The number of carbonyl (C=O) groups is 1. The molecule has 0 aromatic carbocycles. The number of hydrogen-bond acceptors (Lipinski definition) is 4. The number of aromatic nitrogens is 1. The molecule has 0 radical (unpaired) electrons. The van der Waals surface area contributed by atoms with Gasteiger partial charge >= 0.3 is 0 Å². The number of rotatable bonds is 4. The Hall–Kier alpha value is -1.62. The van der Waals surface area contributed by atoms with E-state index >= 15 is 0 Å². The highest BCUT2D eigenvalue weighted by Gasteiger charge is 2.27. The standard InChI is InChI=1S/C13H19N3O2/c1-2-14-12-5-3-4-11(15-12)13(18)16-7-6-10(8-16)9-17/h3-5,10,17H,2,6-9H2,1H3,(H,14,15). The number of likely N-dealkylation sites (tertiary alicyclic amines) is 1. The maximum absolute atomic E-state index is 12.2. The molecule has 1 amide bonds. The molecule has 0 bridgehead atoms. The van der Waals surface area contributed by atoms with Crippen LogP contribution in [0.3, 0.4) is 0 Å². The normalized spacial score (nSPS) is 19.0. The number of aliphatic hydroxyl groups excluding tert-OH is 1. The third-order valence-electron chi connectivity index (χ3n) is 3.16. The van der Waals surface area contributed by atoms with E-state index in [-0.39, 0.29) is 18.4 Å². The number of nitrogens with zero attached hydrogens (tertiary/aromatic N) is 2. The Balaban J connectivity index is 2.07. The highest BCUT2D eigenvalue weighted by molar-refractivity contribution is 5.92. The summed E-state index contributed by atoms with van der Waals surface area (Å²) in [5.74, 6) is 0.887. The van der Waals surface area contributed by atoms with Gasteiger partial charge in [0.15, 0.2) is 0 Å². The smallest absolute Gasteiger partial charge is 0.272 e. The van der Waals surface area contributed by atoms with E-state index in [1.54, 1.807) is 11.0 Å². The molecule has 0 aliphatic carbocycles. The molecule has 1 atom stereocenters. The molecule has 2 N–H and O–H groups in total. The Morgan fingerprint density at radius 1 is 1.61 bits per heavy atom. The summed E-state index contributed by atoms with van der Waals surface area (Å²) in [6.07, 6.45) is 0.870. The first-order valence-electron chi connectivity index (χ1n) is 6.35. The summed E-state index contributed by atoms with van der Waals surface area (Å²) in [5, 5.41) is 12.2. The fraction of sp³-hybridized carbons (Fsp3) is 0.538. The Morgan fingerprint density at radius 2 is 2.44 bits per heavy atom. The van der Waals surface area contributed by atoms with Gasteiger partial charge in [-0.3, -0.25) is 4.79 Å². The topological polar surface area (TPSA) is 65.5 Å². The van der Waals surface area contributed by atoms with Crippen molar-refractivity contribution >= 4 is 11.7 Å². The van der Waals surface area contributed by atoms with Gasteiger partial charge in [0.2, 0.25) is 0 Å². The minimum atomic E-state index is -0.0503. The molecular formula is C13H19N3O2. The van der Waals surface area contributed by atoms with Crippen LogP contribution in [0.4, 0.5) is 5.82 Å². The van der Waals surface area contributed by atoms with Gasteiger partial charge in [-0.05, 0) is 25.5 Å². The molecule has 1 aromatic rings. The zero-order valence-corrected chi connectivity index (χ0v) is 10.6. The second-order valence-electron chi connectivity index (χ2n) is 4.53. The van der Waals surface area contributed by atoms with Crippen molar-refractivity contribution in [2.24, 2.45) is 5.92 Å². The van der Waals surface area contributed by atoms with Gasteiger partial charge in [-0.1, -0.05) is 6.07 Å². The molecular weight excluding hydrogens is 230 g/mol. The predicted molar refractivity (Wildman–Crippen MR) is 69.5 cm³/mol. The van der Waals surface area contributed by atoms with Crippen LogP contribution in [0.1, 0.15) is 23.8 Å². The van der Waals surface area contributed by atoms with Crippen molar-refractivity contribution in [3.05, 3.63) is 23.9 Å². The number of pyridine rings is 1. The van der Waals surface area contributed by atoms with Crippen LogP contribution in [0.15, 0.2) is 18.2 Å². The summed E-state index contributed by atoms with van der Waals surface area (Å²) in [7, 11) is 0. The van der Waals surface area contributed by atoms with E-state index in [2.05, 4.69) is 10.3 Å². The first-order chi connectivity index (χ1) is 8.74. The summed E-state index contributed by atoms with van der Waals surface area (Å²) in [5.41, 5.74) is 0.465. The highest BCUT2D eigenvalue weighted by atomic mass is 16.3. The Labute approximate surface area is 107 Å². The van der Waals surface area contributed by atoms with Crippen LogP contribution in [0.5, 0.6) is 0 Å². The van der Waals surface area contributed by atoms with Gasteiger partial charge in [0.25, 0.3) is 5.91 Å². The van der Waals surface area contributed by atoms with Crippen molar-refractivity contribution in [3.63, 3.8) is 0 Å². The van der Waals surface area contributed by atoms with Gasteiger partial charge in [0.05, 0.1) is 0 Å². The summed E-state index contributed by atoms with van der Waals surface area (Å²) in [4.78, 5) is 18.3. The highest BCUT2D eigenvalue weighted by Crippen LogP contribution is 2.18. The van der Waals surface area contributed by atoms with E-state index in [1.165, 1.54) is 0 Å². The van der Waals surface area contributed by atoms with Crippen LogP contribution < -0.4 is 5.32 Å². The number of aliphatic hydroxyl groups is 1. The lowest BCUT2D eigenvalue weighted by atomic mass is 10.1. The SMILES string of the molecule is CCNc1cccc(C(=O)N2CCC(CO)C2)n1. The van der Waals surface area contributed by atoms with Gasteiger partial charge < -0.3 is 15.3 Å². The first kappa shape index (κ1) is 12.8. The monoisotopic (exact) mass is 249 g/mol. The molecule has 2 heterocycles. The van der Waals surface area contributed by atoms with Gasteiger partial charge in [-0.2, -0.15) is 0 Å². The molecule has 5 nitrogen and oxygen atoms in total. The zero-order chi connectivity index (χ0) is 13.0. The lowest BCUT2D eigenvalue weighted by Gasteiger charge is -2.16. The van der Waals surface area contributed by atoms with Gasteiger partial charge in [0.1, 0.15) is 11.5 Å². The van der Waals surface area contributed by atoms with Crippen molar-refractivity contribution < 1.29 is 9.90 Å². The van der Waals surface area contributed by atoms with Gasteiger partial charge in [-0.25, -0.2) is 4.98 Å². The Bertz CT molecular complexity index is 422. The summed E-state index contributed by atoms with van der Waals surface area (Å²) in [6.45, 7) is 4.25. The van der Waals surface area contributed by atoms with Crippen molar-refractivity contribution in [2.45, 2.75) is 13.3 Å².